The van der Waals surface area contributed by atoms with Crippen molar-refractivity contribution in [1.29, 1.82) is 0 Å². The number of aliphatic hydroxyl groups is 1. The fraction of sp³-hybridized carbons (Fsp3) is 1.00. The zero-order valence-electron chi connectivity index (χ0n) is 7.37. The molecule has 0 bridgehead atoms. The van der Waals surface area contributed by atoms with Gasteiger partial charge in [-0.15, -0.1) is 0 Å². The molecule has 1 fully saturated rings. The van der Waals surface area contributed by atoms with Gasteiger partial charge in [-0.2, -0.15) is 22.0 Å². The predicted octanol–water partition coefficient (Wildman–Crippen LogP) is 2.88. The second kappa shape index (κ2) is 3.32. The lowest BCUT2D eigenvalue weighted by molar-refractivity contribution is -0.346. The molecule has 1 N–H and O–H groups in total. The zero-order valence-corrected chi connectivity index (χ0v) is 7.37. The average molecular weight is 218 g/mol. The Hall–Kier alpha value is -0.390. The van der Waals surface area contributed by atoms with Crippen LogP contribution in [0.5, 0.6) is 0 Å². The average Bonchev–Trinajstić information content (AvgIpc) is 2.03. The van der Waals surface area contributed by atoms with Gasteiger partial charge in [-0.05, 0) is 12.8 Å². The first-order valence-corrected chi connectivity index (χ1v) is 4.38. The maximum Gasteiger partial charge on any atom is 0.456 e. The van der Waals surface area contributed by atoms with E-state index in [1.807, 2.05) is 0 Å². The summed E-state index contributed by atoms with van der Waals surface area (Å²) in [4.78, 5) is 0. The molecular weight excluding hydrogens is 207 g/mol. The topological polar surface area (TPSA) is 20.2 Å². The molecule has 0 amide bonds. The van der Waals surface area contributed by atoms with E-state index in [1.165, 1.54) is 0 Å². The molecule has 0 unspecified atom stereocenters. The van der Waals surface area contributed by atoms with Crippen LogP contribution < -0.4 is 0 Å². The molecular formula is C8H11F5O. The molecule has 1 aliphatic carbocycles. The van der Waals surface area contributed by atoms with Gasteiger partial charge in [-0.3, -0.25) is 0 Å². The van der Waals surface area contributed by atoms with Crippen molar-refractivity contribution in [2.45, 2.75) is 49.8 Å². The highest BCUT2D eigenvalue weighted by Crippen LogP contribution is 2.49. The smallest absolute Gasteiger partial charge is 0.383 e. The van der Waals surface area contributed by atoms with E-state index in [1.54, 1.807) is 0 Å². The lowest BCUT2D eigenvalue weighted by Gasteiger charge is -2.39. The molecule has 1 rings (SSSR count). The van der Waals surface area contributed by atoms with Crippen LogP contribution in [0, 0.1) is 0 Å². The van der Waals surface area contributed by atoms with Crippen LogP contribution in [-0.4, -0.2) is 22.8 Å². The molecule has 84 valence electrons. The Balaban J connectivity index is 2.89. The van der Waals surface area contributed by atoms with Gasteiger partial charge in [-0.1, -0.05) is 19.3 Å². The van der Waals surface area contributed by atoms with Crippen molar-refractivity contribution in [2.75, 3.05) is 0 Å². The molecule has 0 aliphatic heterocycles. The maximum absolute atomic E-state index is 12.8. The highest BCUT2D eigenvalue weighted by atomic mass is 19.4. The molecule has 0 aromatic carbocycles. The van der Waals surface area contributed by atoms with Crippen LogP contribution in [-0.2, 0) is 0 Å². The first kappa shape index (κ1) is 11.7. The Labute approximate surface area is 77.9 Å². The van der Waals surface area contributed by atoms with Gasteiger partial charge in [0, 0.05) is 0 Å². The first-order valence-electron chi connectivity index (χ1n) is 4.38. The third-order valence-corrected chi connectivity index (χ3v) is 2.62. The molecule has 0 atom stereocenters. The number of rotatable bonds is 1. The lowest BCUT2D eigenvalue weighted by Crippen LogP contribution is -2.57. The Bertz CT molecular complexity index is 204. The predicted molar refractivity (Wildman–Crippen MR) is 39.0 cm³/mol. The van der Waals surface area contributed by atoms with Crippen LogP contribution in [0.3, 0.4) is 0 Å². The summed E-state index contributed by atoms with van der Waals surface area (Å²) < 4.78 is 61.5. The summed E-state index contributed by atoms with van der Waals surface area (Å²) in [7, 11) is 0. The molecule has 0 radical (unpaired) electrons. The molecule has 0 aromatic heterocycles. The summed E-state index contributed by atoms with van der Waals surface area (Å²) in [5, 5.41) is 9.26. The highest BCUT2D eigenvalue weighted by molar-refractivity contribution is 4.99. The van der Waals surface area contributed by atoms with Crippen LogP contribution in [0.15, 0.2) is 0 Å². The second-order valence-corrected chi connectivity index (χ2v) is 3.66. The summed E-state index contributed by atoms with van der Waals surface area (Å²) >= 11 is 0. The normalized spacial score (nSPS) is 23.6. The van der Waals surface area contributed by atoms with Gasteiger partial charge >= 0.3 is 12.1 Å². The minimum absolute atomic E-state index is 0.210. The summed E-state index contributed by atoms with van der Waals surface area (Å²) in [6.45, 7) is 0. The van der Waals surface area contributed by atoms with E-state index in [9.17, 15) is 27.1 Å². The number of hydrogen-bond donors (Lipinski definition) is 1. The molecule has 0 saturated heterocycles. The molecule has 1 nitrogen and oxygen atoms in total. The summed E-state index contributed by atoms with van der Waals surface area (Å²) in [5.74, 6) is -5.00. The van der Waals surface area contributed by atoms with Gasteiger partial charge in [0.15, 0.2) is 0 Å². The van der Waals surface area contributed by atoms with Crippen molar-refractivity contribution in [3.8, 4) is 0 Å². The van der Waals surface area contributed by atoms with Crippen LogP contribution in [0.1, 0.15) is 32.1 Å². The summed E-state index contributed by atoms with van der Waals surface area (Å²) in [5.41, 5.74) is -2.90. The fourth-order valence-corrected chi connectivity index (χ4v) is 1.71. The second-order valence-electron chi connectivity index (χ2n) is 3.66. The highest BCUT2D eigenvalue weighted by Gasteiger charge is 2.69. The maximum atomic E-state index is 12.8. The Kier molecular flexibility index (Phi) is 2.77. The number of hydrogen-bond acceptors (Lipinski definition) is 1. The van der Waals surface area contributed by atoms with E-state index in [-0.39, 0.29) is 12.8 Å². The van der Waals surface area contributed by atoms with Crippen molar-refractivity contribution >= 4 is 0 Å². The quantitative estimate of drug-likeness (QED) is 0.671. The number of alkyl halides is 5. The molecule has 0 aromatic rings. The molecule has 1 aliphatic rings. The van der Waals surface area contributed by atoms with Gasteiger partial charge in [-0.25, -0.2) is 0 Å². The van der Waals surface area contributed by atoms with Gasteiger partial charge in [0.1, 0.15) is 5.60 Å². The van der Waals surface area contributed by atoms with Crippen LogP contribution in [0.2, 0.25) is 0 Å². The van der Waals surface area contributed by atoms with Gasteiger partial charge in [0.25, 0.3) is 0 Å². The van der Waals surface area contributed by atoms with Crippen molar-refractivity contribution in [3.63, 3.8) is 0 Å². The van der Waals surface area contributed by atoms with E-state index in [2.05, 4.69) is 0 Å². The molecule has 6 heteroatoms. The Morgan fingerprint density at radius 1 is 0.857 bits per heavy atom. The van der Waals surface area contributed by atoms with Crippen LogP contribution in [0.25, 0.3) is 0 Å². The van der Waals surface area contributed by atoms with E-state index >= 15 is 0 Å². The first-order chi connectivity index (χ1) is 6.21. The Morgan fingerprint density at radius 2 is 1.29 bits per heavy atom. The minimum atomic E-state index is -5.67. The lowest BCUT2D eigenvalue weighted by atomic mass is 9.80. The monoisotopic (exact) mass is 218 g/mol. The Morgan fingerprint density at radius 3 is 1.64 bits per heavy atom. The largest absolute Gasteiger partial charge is 0.456 e. The van der Waals surface area contributed by atoms with E-state index in [0.29, 0.717) is 6.42 Å². The SMILES string of the molecule is OC1(C(F)(F)C(F)(F)F)CCCCC1. The zero-order chi connectivity index (χ0) is 11.0. The van der Waals surface area contributed by atoms with E-state index in [4.69, 9.17) is 0 Å². The van der Waals surface area contributed by atoms with Crippen molar-refractivity contribution in [2.24, 2.45) is 0 Å². The van der Waals surface area contributed by atoms with Crippen molar-refractivity contribution < 1.29 is 27.1 Å². The van der Waals surface area contributed by atoms with Gasteiger partial charge in [0.05, 0.1) is 0 Å². The van der Waals surface area contributed by atoms with Crippen LogP contribution >= 0.6 is 0 Å². The molecule has 1 saturated carbocycles. The molecule has 14 heavy (non-hydrogen) atoms. The third-order valence-electron chi connectivity index (χ3n) is 2.62. The minimum Gasteiger partial charge on any atom is -0.383 e. The van der Waals surface area contributed by atoms with Gasteiger partial charge < -0.3 is 5.11 Å². The van der Waals surface area contributed by atoms with Crippen molar-refractivity contribution in [3.05, 3.63) is 0 Å². The van der Waals surface area contributed by atoms with E-state index in [0.717, 1.165) is 0 Å². The van der Waals surface area contributed by atoms with Crippen molar-refractivity contribution in [1.82, 2.24) is 0 Å². The molecule has 0 heterocycles. The van der Waals surface area contributed by atoms with Gasteiger partial charge in [0.2, 0.25) is 0 Å². The van der Waals surface area contributed by atoms with E-state index < -0.39 is 30.5 Å². The summed E-state index contributed by atoms with van der Waals surface area (Å²) in [6, 6.07) is 0. The summed E-state index contributed by atoms with van der Waals surface area (Å²) in [6.07, 6.45) is -5.63. The number of halogens is 5. The van der Waals surface area contributed by atoms with Crippen LogP contribution in [0.4, 0.5) is 22.0 Å². The fourth-order valence-electron chi connectivity index (χ4n) is 1.71. The third kappa shape index (κ3) is 1.71. The standard InChI is InChI=1S/C8H11F5O/c9-7(10,8(11,12)13)6(14)4-2-1-3-5-6/h14H,1-5H2. The molecule has 0 spiro atoms.